The third-order valence-electron chi connectivity index (χ3n) is 2.82. The molecule has 0 saturated heterocycles. The summed E-state index contributed by atoms with van der Waals surface area (Å²) >= 11 is 5.96. The van der Waals surface area contributed by atoms with Crippen LogP contribution >= 0.6 is 11.6 Å². The van der Waals surface area contributed by atoms with Gasteiger partial charge < -0.3 is 4.90 Å². The number of aromatic nitrogens is 2. The van der Waals surface area contributed by atoms with E-state index >= 15 is 0 Å². The normalized spacial score (nSPS) is 10.4. The van der Waals surface area contributed by atoms with Crippen LogP contribution in [0.1, 0.15) is 23.1 Å². The first-order valence-electron chi connectivity index (χ1n) is 6.09. The van der Waals surface area contributed by atoms with Crippen LogP contribution in [0.5, 0.6) is 0 Å². The number of rotatable bonds is 4. The van der Waals surface area contributed by atoms with E-state index in [0.717, 1.165) is 0 Å². The van der Waals surface area contributed by atoms with Gasteiger partial charge in [0.15, 0.2) is 6.29 Å². The Balaban J connectivity index is 2.64. The van der Waals surface area contributed by atoms with Crippen molar-refractivity contribution in [3.63, 3.8) is 0 Å². The number of aldehydes is 1. The lowest BCUT2D eigenvalue weighted by Gasteiger charge is -2.24. The summed E-state index contributed by atoms with van der Waals surface area (Å²) in [6.45, 7) is 3.94. The van der Waals surface area contributed by atoms with Crippen LogP contribution in [0.2, 0.25) is 5.15 Å². The van der Waals surface area contributed by atoms with Gasteiger partial charge in [-0.05, 0) is 26.0 Å². The molecule has 0 fully saturated rings. The van der Waals surface area contributed by atoms with E-state index in [-0.39, 0.29) is 10.7 Å². The molecule has 0 saturated carbocycles. The standard InChI is InChI=1S/C14H13ClFN3O/c1-3-19(12-7-5-4-6-11(12)16)14-10(8-20)13(15)17-9(2)18-14/h4-8H,3H2,1-2H3. The summed E-state index contributed by atoms with van der Waals surface area (Å²) in [5.41, 5.74) is 0.495. The van der Waals surface area contributed by atoms with Crippen molar-refractivity contribution in [2.24, 2.45) is 0 Å². The maximum Gasteiger partial charge on any atom is 0.156 e. The Kier molecular flexibility index (Phi) is 4.29. The molecule has 20 heavy (non-hydrogen) atoms. The molecule has 1 aromatic heterocycles. The highest BCUT2D eigenvalue weighted by Crippen LogP contribution is 2.30. The van der Waals surface area contributed by atoms with Gasteiger partial charge in [-0.3, -0.25) is 4.79 Å². The number of para-hydroxylation sites is 1. The minimum Gasteiger partial charge on any atom is -0.323 e. The Morgan fingerprint density at radius 2 is 2.05 bits per heavy atom. The summed E-state index contributed by atoms with van der Waals surface area (Å²) in [6, 6.07) is 6.30. The molecule has 0 spiro atoms. The molecule has 1 heterocycles. The molecule has 0 aliphatic rings. The number of nitrogens with zero attached hydrogens (tertiary/aromatic N) is 3. The molecule has 1 aromatic carbocycles. The van der Waals surface area contributed by atoms with Gasteiger partial charge in [-0.15, -0.1) is 0 Å². The zero-order chi connectivity index (χ0) is 14.7. The van der Waals surface area contributed by atoms with Crippen LogP contribution < -0.4 is 4.90 Å². The quantitative estimate of drug-likeness (QED) is 0.639. The summed E-state index contributed by atoms with van der Waals surface area (Å²) in [7, 11) is 0. The number of aryl methyl sites for hydroxylation is 1. The summed E-state index contributed by atoms with van der Waals surface area (Å²) < 4.78 is 13.9. The van der Waals surface area contributed by atoms with E-state index in [0.29, 0.717) is 30.2 Å². The van der Waals surface area contributed by atoms with Crippen molar-refractivity contribution in [2.45, 2.75) is 13.8 Å². The summed E-state index contributed by atoms with van der Waals surface area (Å²) in [5.74, 6) is 0.342. The highest BCUT2D eigenvalue weighted by molar-refractivity contribution is 6.32. The van der Waals surface area contributed by atoms with Gasteiger partial charge in [0.1, 0.15) is 22.6 Å². The lowest BCUT2D eigenvalue weighted by molar-refractivity contribution is 0.112. The number of carbonyl (C=O) groups excluding carboxylic acids is 1. The monoisotopic (exact) mass is 293 g/mol. The number of hydrogen-bond acceptors (Lipinski definition) is 4. The van der Waals surface area contributed by atoms with E-state index in [2.05, 4.69) is 9.97 Å². The highest BCUT2D eigenvalue weighted by Gasteiger charge is 2.19. The SMILES string of the molecule is CCN(c1ccccc1F)c1nc(C)nc(Cl)c1C=O. The van der Waals surface area contributed by atoms with Gasteiger partial charge in [0.25, 0.3) is 0 Å². The number of anilines is 2. The lowest BCUT2D eigenvalue weighted by atomic mass is 10.2. The zero-order valence-electron chi connectivity index (χ0n) is 11.1. The van der Waals surface area contributed by atoms with Gasteiger partial charge in [0.2, 0.25) is 0 Å². The van der Waals surface area contributed by atoms with Crippen molar-refractivity contribution in [1.82, 2.24) is 9.97 Å². The summed E-state index contributed by atoms with van der Waals surface area (Å²) in [4.78, 5) is 21.0. The van der Waals surface area contributed by atoms with Gasteiger partial charge >= 0.3 is 0 Å². The Labute approximate surface area is 121 Å². The molecule has 0 unspecified atom stereocenters. The molecular formula is C14H13ClFN3O. The van der Waals surface area contributed by atoms with Crippen molar-refractivity contribution < 1.29 is 9.18 Å². The van der Waals surface area contributed by atoms with Crippen LogP contribution in [0.3, 0.4) is 0 Å². The molecule has 0 aliphatic carbocycles. The first kappa shape index (κ1) is 14.4. The van der Waals surface area contributed by atoms with Gasteiger partial charge in [-0.25, -0.2) is 14.4 Å². The van der Waals surface area contributed by atoms with Crippen LogP contribution in [-0.2, 0) is 0 Å². The third kappa shape index (κ3) is 2.63. The molecule has 2 rings (SSSR count). The first-order chi connectivity index (χ1) is 9.58. The van der Waals surface area contributed by atoms with E-state index in [1.54, 1.807) is 30.0 Å². The smallest absolute Gasteiger partial charge is 0.156 e. The molecule has 104 valence electrons. The molecule has 0 radical (unpaired) electrons. The number of halogens is 2. The number of carbonyl (C=O) groups is 1. The molecule has 0 atom stereocenters. The maximum atomic E-state index is 13.9. The van der Waals surface area contributed by atoms with Crippen molar-refractivity contribution in [3.8, 4) is 0 Å². The summed E-state index contributed by atoms with van der Waals surface area (Å²) in [6.07, 6.45) is 0.584. The van der Waals surface area contributed by atoms with Gasteiger partial charge in [-0.2, -0.15) is 0 Å². The maximum absolute atomic E-state index is 13.9. The van der Waals surface area contributed by atoms with Crippen molar-refractivity contribution in [3.05, 3.63) is 46.6 Å². The van der Waals surface area contributed by atoms with E-state index in [9.17, 15) is 9.18 Å². The fourth-order valence-electron chi connectivity index (χ4n) is 1.94. The van der Waals surface area contributed by atoms with Crippen molar-refractivity contribution in [1.29, 1.82) is 0 Å². The van der Waals surface area contributed by atoms with Gasteiger partial charge in [0, 0.05) is 6.54 Å². The van der Waals surface area contributed by atoms with E-state index < -0.39 is 5.82 Å². The average molecular weight is 294 g/mol. The minimum atomic E-state index is -0.390. The second-order valence-electron chi connectivity index (χ2n) is 4.11. The van der Waals surface area contributed by atoms with Gasteiger partial charge in [0.05, 0.1) is 11.3 Å². The van der Waals surface area contributed by atoms with Crippen LogP contribution in [0.25, 0.3) is 0 Å². The van der Waals surface area contributed by atoms with E-state index in [1.165, 1.54) is 6.07 Å². The predicted octanol–water partition coefficient (Wildman–Crippen LogP) is 3.55. The summed E-state index contributed by atoms with van der Waals surface area (Å²) in [5, 5.41) is 0.0669. The predicted molar refractivity (Wildman–Crippen MR) is 76.2 cm³/mol. The molecule has 0 N–H and O–H groups in total. The van der Waals surface area contributed by atoms with Crippen LogP contribution in [0, 0.1) is 12.7 Å². The van der Waals surface area contributed by atoms with Crippen molar-refractivity contribution >= 4 is 29.4 Å². The van der Waals surface area contributed by atoms with E-state index in [4.69, 9.17) is 11.6 Å². The Morgan fingerprint density at radius 1 is 1.35 bits per heavy atom. The second kappa shape index (κ2) is 5.96. The fraction of sp³-hybridized carbons (Fsp3) is 0.214. The van der Waals surface area contributed by atoms with Gasteiger partial charge in [-0.1, -0.05) is 23.7 Å². The van der Waals surface area contributed by atoms with Crippen LogP contribution in [0.15, 0.2) is 24.3 Å². The van der Waals surface area contributed by atoms with Crippen LogP contribution in [0.4, 0.5) is 15.9 Å². The first-order valence-corrected chi connectivity index (χ1v) is 6.47. The number of hydrogen-bond donors (Lipinski definition) is 0. The molecule has 0 amide bonds. The highest BCUT2D eigenvalue weighted by atomic mass is 35.5. The number of benzene rings is 1. The van der Waals surface area contributed by atoms with E-state index in [1.807, 2.05) is 6.92 Å². The Morgan fingerprint density at radius 3 is 2.65 bits per heavy atom. The Bertz CT molecular complexity index is 648. The molecule has 0 aliphatic heterocycles. The molecule has 0 bridgehead atoms. The Hall–Kier alpha value is -2.01. The topological polar surface area (TPSA) is 46.1 Å². The molecule has 4 nitrogen and oxygen atoms in total. The third-order valence-corrected chi connectivity index (χ3v) is 3.11. The lowest BCUT2D eigenvalue weighted by Crippen LogP contribution is -2.21. The fourth-order valence-corrected chi connectivity index (χ4v) is 2.20. The molecule has 6 heteroatoms. The van der Waals surface area contributed by atoms with Crippen LogP contribution in [-0.4, -0.2) is 22.8 Å². The zero-order valence-corrected chi connectivity index (χ0v) is 11.9. The molecule has 2 aromatic rings. The molecular weight excluding hydrogens is 281 g/mol. The largest absolute Gasteiger partial charge is 0.323 e. The average Bonchev–Trinajstić information content (AvgIpc) is 2.41. The van der Waals surface area contributed by atoms with Crippen molar-refractivity contribution in [2.75, 3.05) is 11.4 Å². The minimum absolute atomic E-state index is 0.0669. The second-order valence-corrected chi connectivity index (χ2v) is 4.47.